The fraction of sp³-hybridized carbons (Fsp3) is 0.444. The lowest BCUT2D eigenvalue weighted by molar-refractivity contribution is 0.213. The number of fused-ring (bicyclic) bond motifs is 1. The van der Waals surface area contributed by atoms with Crippen molar-refractivity contribution in [1.82, 2.24) is 24.6 Å². The Morgan fingerprint density at radius 3 is 2.62 bits per heavy atom. The molecule has 7 nitrogen and oxygen atoms in total. The van der Waals surface area contributed by atoms with Crippen molar-refractivity contribution in [2.24, 2.45) is 5.92 Å². The highest BCUT2D eigenvalue weighted by molar-refractivity contribution is 9.10. The third kappa shape index (κ3) is 3.51. The minimum Gasteiger partial charge on any atom is -0.476 e. The summed E-state index contributed by atoms with van der Waals surface area (Å²) in [7, 11) is 0. The average Bonchev–Trinajstić information content (AvgIpc) is 2.95. The van der Waals surface area contributed by atoms with Crippen LogP contribution in [0.1, 0.15) is 24.2 Å². The number of ether oxygens (including phenoxy) is 1. The monoisotopic (exact) mass is 416 g/mol. The lowest BCUT2D eigenvalue weighted by Crippen LogP contribution is -2.36. The van der Waals surface area contributed by atoms with Gasteiger partial charge in [-0.1, -0.05) is 0 Å². The normalized spacial score (nSPS) is 15.6. The van der Waals surface area contributed by atoms with E-state index in [0.29, 0.717) is 18.4 Å². The van der Waals surface area contributed by atoms with Gasteiger partial charge in [0.25, 0.3) is 0 Å². The molecule has 1 saturated heterocycles. The molecule has 0 spiro atoms. The molecule has 3 aromatic rings. The highest BCUT2D eigenvalue weighted by Gasteiger charge is 2.21. The smallest absolute Gasteiger partial charge is 0.231 e. The molecule has 0 atom stereocenters. The Balaban J connectivity index is 1.33. The van der Waals surface area contributed by atoms with E-state index in [9.17, 15) is 0 Å². The van der Waals surface area contributed by atoms with Gasteiger partial charge in [-0.3, -0.25) is 0 Å². The van der Waals surface area contributed by atoms with Crippen LogP contribution in [0, 0.1) is 19.8 Å². The molecule has 26 heavy (non-hydrogen) atoms. The molecule has 0 N–H and O–H groups in total. The Bertz CT molecular complexity index is 902. The summed E-state index contributed by atoms with van der Waals surface area (Å²) >= 11 is 3.37. The molecule has 1 fully saturated rings. The lowest BCUT2D eigenvalue weighted by Gasteiger charge is -2.31. The van der Waals surface area contributed by atoms with Crippen molar-refractivity contribution in [2.45, 2.75) is 26.7 Å². The van der Waals surface area contributed by atoms with Gasteiger partial charge in [0, 0.05) is 31.5 Å². The largest absolute Gasteiger partial charge is 0.476 e. The van der Waals surface area contributed by atoms with Gasteiger partial charge in [0.1, 0.15) is 0 Å². The molecular weight excluding hydrogens is 396 g/mol. The Morgan fingerprint density at radius 1 is 1.15 bits per heavy atom. The van der Waals surface area contributed by atoms with Crippen LogP contribution in [0.5, 0.6) is 5.88 Å². The van der Waals surface area contributed by atoms with E-state index in [1.807, 2.05) is 30.5 Å². The first-order chi connectivity index (χ1) is 12.6. The molecule has 3 aromatic heterocycles. The number of halogens is 1. The van der Waals surface area contributed by atoms with Crippen LogP contribution in [0.3, 0.4) is 0 Å². The van der Waals surface area contributed by atoms with Gasteiger partial charge in [-0.2, -0.15) is 0 Å². The highest BCUT2D eigenvalue weighted by Crippen LogP contribution is 2.22. The van der Waals surface area contributed by atoms with Crippen molar-refractivity contribution in [3.63, 3.8) is 0 Å². The number of hydrogen-bond donors (Lipinski definition) is 0. The van der Waals surface area contributed by atoms with E-state index in [-0.39, 0.29) is 0 Å². The first-order valence-electron chi connectivity index (χ1n) is 8.78. The number of piperidine rings is 1. The second kappa shape index (κ2) is 7.19. The zero-order valence-electron chi connectivity index (χ0n) is 14.9. The van der Waals surface area contributed by atoms with E-state index in [0.717, 1.165) is 53.4 Å². The van der Waals surface area contributed by atoms with Crippen LogP contribution < -0.4 is 9.64 Å². The Kier molecular flexibility index (Phi) is 4.76. The fourth-order valence-electron chi connectivity index (χ4n) is 3.19. The molecule has 0 aromatic carbocycles. The Hall–Kier alpha value is -2.22. The number of aromatic nitrogens is 5. The number of hydrogen-bond acceptors (Lipinski definition) is 6. The third-order valence-electron chi connectivity index (χ3n) is 4.89. The van der Waals surface area contributed by atoms with E-state index < -0.39 is 0 Å². The maximum atomic E-state index is 5.96. The lowest BCUT2D eigenvalue weighted by atomic mass is 9.98. The molecule has 0 radical (unpaired) electrons. The van der Waals surface area contributed by atoms with Gasteiger partial charge < -0.3 is 9.64 Å². The van der Waals surface area contributed by atoms with Crippen molar-refractivity contribution >= 4 is 27.5 Å². The number of rotatable bonds is 4. The van der Waals surface area contributed by atoms with E-state index in [1.165, 1.54) is 0 Å². The molecule has 4 rings (SSSR count). The van der Waals surface area contributed by atoms with Gasteiger partial charge in [-0.15, -0.1) is 5.10 Å². The summed E-state index contributed by atoms with van der Waals surface area (Å²) in [6, 6.07) is 3.85. The summed E-state index contributed by atoms with van der Waals surface area (Å²) in [5.41, 5.74) is 2.90. The first kappa shape index (κ1) is 17.2. The predicted molar refractivity (Wildman–Crippen MR) is 103 cm³/mol. The molecule has 1 aliphatic heterocycles. The highest BCUT2D eigenvalue weighted by atomic mass is 79.9. The first-order valence-corrected chi connectivity index (χ1v) is 9.58. The Morgan fingerprint density at radius 2 is 1.88 bits per heavy atom. The molecule has 1 aliphatic rings. The maximum absolute atomic E-state index is 5.96. The standard InChI is InChI=1S/C18H21BrN6O/c1-12-13(2)25-16(22-12)3-4-17(23-25)26-11-14-5-7-24(8-6-14)18-20-9-15(19)10-21-18/h3-4,9-10,14H,5-8,11H2,1-2H3. The molecule has 0 bridgehead atoms. The summed E-state index contributed by atoms with van der Waals surface area (Å²) in [5.74, 6) is 1.96. The average molecular weight is 417 g/mol. The summed E-state index contributed by atoms with van der Waals surface area (Å²) in [6.07, 6.45) is 5.70. The zero-order chi connectivity index (χ0) is 18.1. The summed E-state index contributed by atoms with van der Waals surface area (Å²) < 4.78 is 8.70. The third-order valence-corrected chi connectivity index (χ3v) is 5.29. The van der Waals surface area contributed by atoms with Gasteiger partial charge in [0.15, 0.2) is 5.65 Å². The van der Waals surface area contributed by atoms with Gasteiger partial charge >= 0.3 is 0 Å². The molecule has 8 heteroatoms. The molecule has 0 saturated carbocycles. The number of nitrogens with zero attached hydrogens (tertiary/aromatic N) is 6. The summed E-state index contributed by atoms with van der Waals surface area (Å²) in [6.45, 7) is 6.59. The second-order valence-electron chi connectivity index (χ2n) is 6.67. The van der Waals surface area contributed by atoms with Crippen LogP contribution in [0.15, 0.2) is 29.0 Å². The van der Waals surface area contributed by atoms with Crippen molar-refractivity contribution in [2.75, 3.05) is 24.6 Å². The molecule has 4 heterocycles. The van der Waals surface area contributed by atoms with Crippen LogP contribution in [0.25, 0.3) is 5.65 Å². The van der Waals surface area contributed by atoms with Gasteiger partial charge in [0.2, 0.25) is 11.8 Å². The fourth-order valence-corrected chi connectivity index (χ4v) is 3.39. The predicted octanol–water partition coefficient (Wildman–Crippen LogP) is 3.19. The number of imidazole rings is 1. The Labute approximate surface area is 160 Å². The van der Waals surface area contributed by atoms with Crippen LogP contribution in [-0.4, -0.2) is 44.3 Å². The van der Waals surface area contributed by atoms with E-state index in [2.05, 4.69) is 40.9 Å². The maximum Gasteiger partial charge on any atom is 0.231 e. The summed E-state index contributed by atoms with van der Waals surface area (Å²) in [4.78, 5) is 15.5. The van der Waals surface area contributed by atoms with E-state index >= 15 is 0 Å². The molecule has 0 amide bonds. The minimum atomic E-state index is 0.518. The molecule has 0 unspecified atom stereocenters. The van der Waals surface area contributed by atoms with Gasteiger partial charge in [0.05, 0.1) is 22.5 Å². The number of anilines is 1. The van der Waals surface area contributed by atoms with Crippen molar-refractivity contribution in [3.05, 3.63) is 40.4 Å². The topological polar surface area (TPSA) is 68.4 Å². The quantitative estimate of drug-likeness (QED) is 0.650. The number of aryl methyl sites for hydroxylation is 2. The van der Waals surface area contributed by atoms with Crippen molar-refractivity contribution < 1.29 is 4.74 Å². The van der Waals surface area contributed by atoms with Gasteiger partial charge in [-0.25, -0.2) is 19.5 Å². The van der Waals surface area contributed by atoms with Crippen LogP contribution in [0.4, 0.5) is 5.95 Å². The van der Waals surface area contributed by atoms with Gasteiger partial charge in [-0.05, 0) is 54.6 Å². The van der Waals surface area contributed by atoms with E-state index in [1.54, 1.807) is 12.4 Å². The van der Waals surface area contributed by atoms with Crippen molar-refractivity contribution in [3.8, 4) is 5.88 Å². The molecular formula is C18H21BrN6O. The van der Waals surface area contributed by atoms with Crippen LogP contribution in [0.2, 0.25) is 0 Å². The second-order valence-corrected chi connectivity index (χ2v) is 7.58. The summed E-state index contributed by atoms with van der Waals surface area (Å²) in [5, 5.41) is 4.55. The molecule has 136 valence electrons. The molecule has 0 aliphatic carbocycles. The van der Waals surface area contributed by atoms with E-state index in [4.69, 9.17) is 4.74 Å². The zero-order valence-corrected chi connectivity index (χ0v) is 16.5. The SMILES string of the molecule is Cc1nc2ccc(OCC3CCN(c4ncc(Br)cn4)CC3)nn2c1C. The minimum absolute atomic E-state index is 0.518. The van der Waals surface area contributed by atoms with Crippen LogP contribution in [-0.2, 0) is 0 Å². The van der Waals surface area contributed by atoms with Crippen molar-refractivity contribution in [1.29, 1.82) is 0 Å². The van der Waals surface area contributed by atoms with Crippen LogP contribution >= 0.6 is 15.9 Å².